The number of halogens is 4. The number of alkyl halides is 4. The summed E-state index contributed by atoms with van der Waals surface area (Å²) in [6, 6.07) is 4.48. The lowest BCUT2D eigenvalue weighted by atomic mass is 9.85. The molecule has 0 spiro atoms. The average Bonchev–Trinajstić information content (AvgIpc) is 2.24. The minimum absolute atomic E-state index is 0.152. The molecule has 112 valence electrons. The predicted molar refractivity (Wildman–Crippen MR) is 70.3 cm³/mol. The van der Waals surface area contributed by atoms with Gasteiger partial charge in [-0.3, -0.25) is 4.90 Å². The lowest BCUT2D eigenvalue weighted by molar-refractivity contribution is -0.138. The maximum Gasteiger partial charge on any atom is 0.416 e. The second-order valence-corrected chi connectivity index (χ2v) is 6.41. The van der Waals surface area contributed by atoms with Crippen molar-refractivity contribution in [3.63, 3.8) is 0 Å². The monoisotopic (exact) mass is 289 g/mol. The third kappa shape index (κ3) is 3.32. The molecule has 0 bridgehead atoms. The minimum atomic E-state index is -4.38. The Morgan fingerprint density at radius 1 is 1.15 bits per heavy atom. The Labute approximate surface area is 116 Å². The first-order valence-electron chi connectivity index (χ1n) is 6.64. The van der Waals surface area contributed by atoms with Crippen molar-refractivity contribution in [1.29, 1.82) is 0 Å². The largest absolute Gasteiger partial charge is 0.416 e. The number of nitrogens with zero attached hydrogens (tertiary/aromatic N) is 1. The van der Waals surface area contributed by atoms with Crippen LogP contribution in [0.4, 0.5) is 17.6 Å². The molecule has 0 N–H and O–H groups in total. The maximum atomic E-state index is 13.2. The van der Waals surface area contributed by atoms with E-state index in [0.717, 1.165) is 0 Å². The van der Waals surface area contributed by atoms with Gasteiger partial charge in [0.2, 0.25) is 0 Å². The second-order valence-electron chi connectivity index (χ2n) is 6.41. The van der Waals surface area contributed by atoms with Crippen LogP contribution in [0.2, 0.25) is 0 Å². The van der Waals surface area contributed by atoms with Crippen LogP contribution < -0.4 is 0 Å². The van der Waals surface area contributed by atoms with Crippen molar-refractivity contribution in [2.45, 2.75) is 45.1 Å². The van der Waals surface area contributed by atoms with Crippen LogP contribution in [0, 0.1) is 0 Å². The quantitative estimate of drug-likeness (QED) is 0.739. The molecule has 20 heavy (non-hydrogen) atoms. The molecule has 1 saturated heterocycles. The van der Waals surface area contributed by atoms with Crippen LogP contribution in [0.5, 0.6) is 0 Å². The fourth-order valence-electron chi connectivity index (χ4n) is 2.32. The van der Waals surface area contributed by atoms with Crippen LogP contribution in [0.3, 0.4) is 0 Å². The Hall–Kier alpha value is -1.10. The third-order valence-electron chi connectivity index (χ3n) is 3.59. The van der Waals surface area contributed by atoms with Crippen LogP contribution in [0.1, 0.15) is 37.5 Å². The smallest absolute Gasteiger partial charge is 0.293 e. The number of likely N-dealkylation sites (tertiary alicyclic amines) is 1. The minimum Gasteiger partial charge on any atom is -0.293 e. The van der Waals surface area contributed by atoms with Gasteiger partial charge in [-0.1, -0.05) is 32.9 Å². The third-order valence-corrected chi connectivity index (χ3v) is 3.59. The first-order valence-corrected chi connectivity index (χ1v) is 6.64. The molecule has 0 unspecified atom stereocenters. The van der Waals surface area contributed by atoms with Gasteiger partial charge in [0.1, 0.15) is 6.17 Å². The number of rotatable bonds is 2. The van der Waals surface area contributed by atoms with E-state index in [1.807, 2.05) is 20.8 Å². The molecule has 0 saturated carbocycles. The Balaban J connectivity index is 2.31. The molecule has 1 aliphatic heterocycles. The molecule has 1 heterocycles. The van der Waals surface area contributed by atoms with Gasteiger partial charge >= 0.3 is 6.18 Å². The summed E-state index contributed by atoms with van der Waals surface area (Å²) in [5.74, 6) is 0. The van der Waals surface area contributed by atoms with Crippen molar-refractivity contribution in [1.82, 2.24) is 4.90 Å². The van der Waals surface area contributed by atoms with E-state index in [9.17, 15) is 17.6 Å². The van der Waals surface area contributed by atoms with E-state index in [2.05, 4.69) is 0 Å². The Kier molecular flexibility index (Phi) is 3.84. The zero-order chi connectivity index (χ0) is 15.1. The average molecular weight is 289 g/mol. The van der Waals surface area contributed by atoms with Gasteiger partial charge in [0.25, 0.3) is 0 Å². The van der Waals surface area contributed by atoms with Gasteiger partial charge in [0.05, 0.1) is 5.56 Å². The van der Waals surface area contributed by atoms with Crippen LogP contribution in [-0.2, 0) is 18.1 Å². The molecule has 0 amide bonds. The van der Waals surface area contributed by atoms with Gasteiger partial charge in [-0.2, -0.15) is 13.2 Å². The molecule has 1 nitrogen and oxygen atoms in total. The topological polar surface area (TPSA) is 3.24 Å². The van der Waals surface area contributed by atoms with Gasteiger partial charge in [0, 0.05) is 19.6 Å². The van der Waals surface area contributed by atoms with Crippen LogP contribution >= 0.6 is 0 Å². The maximum absolute atomic E-state index is 13.2. The summed E-state index contributed by atoms with van der Waals surface area (Å²) in [4.78, 5) is 1.69. The van der Waals surface area contributed by atoms with E-state index in [-0.39, 0.29) is 30.6 Å². The molecule has 0 radical (unpaired) electrons. The summed E-state index contributed by atoms with van der Waals surface area (Å²) in [7, 11) is 0. The van der Waals surface area contributed by atoms with Crippen LogP contribution in [-0.4, -0.2) is 24.2 Å². The van der Waals surface area contributed by atoms with Gasteiger partial charge in [0.15, 0.2) is 0 Å². The molecular formula is C15H19F4N. The van der Waals surface area contributed by atoms with Gasteiger partial charge in [-0.05, 0) is 22.6 Å². The van der Waals surface area contributed by atoms with Crippen molar-refractivity contribution in [2.75, 3.05) is 13.1 Å². The lowest BCUT2D eigenvalue weighted by Gasteiger charge is -2.35. The van der Waals surface area contributed by atoms with Gasteiger partial charge in [-0.25, -0.2) is 4.39 Å². The fourth-order valence-corrected chi connectivity index (χ4v) is 2.32. The highest BCUT2D eigenvalue weighted by Crippen LogP contribution is 2.36. The zero-order valence-corrected chi connectivity index (χ0v) is 11.9. The summed E-state index contributed by atoms with van der Waals surface area (Å²) in [5, 5.41) is 0. The Morgan fingerprint density at radius 2 is 1.75 bits per heavy atom. The molecule has 1 fully saturated rings. The van der Waals surface area contributed by atoms with E-state index in [1.165, 1.54) is 12.1 Å². The highest BCUT2D eigenvalue weighted by Gasteiger charge is 2.36. The second kappa shape index (κ2) is 5.02. The normalized spacial score (nSPS) is 18.1. The van der Waals surface area contributed by atoms with E-state index in [4.69, 9.17) is 0 Å². The Bertz CT molecular complexity index is 482. The van der Waals surface area contributed by atoms with E-state index < -0.39 is 17.9 Å². The van der Waals surface area contributed by atoms with E-state index in [0.29, 0.717) is 5.56 Å². The molecule has 1 aromatic carbocycles. The summed E-state index contributed by atoms with van der Waals surface area (Å²) < 4.78 is 52.3. The molecule has 0 aliphatic carbocycles. The first-order chi connectivity index (χ1) is 9.07. The SMILES string of the molecule is CC(C)(C)c1ccc(CN2CC(F)C2)c(C(F)(F)F)c1. The number of hydrogen-bond acceptors (Lipinski definition) is 1. The summed E-state index contributed by atoms with van der Waals surface area (Å²) >= 11 is 0. The molecule has 5 heteroatoms. The first kappa shape index (κ1) is 15.3. The van der Waals surface area contributed by atoms with Crippen LogP contribution in [0.25, 0.3) is 0 Å². The van der Waals surface area contributed by atoms with E-state index >= 15 is 0 Å². The molecule has 0 atom stereocenters. The van der Waals surface area contributed by atoms with Crippen molar-refractivity contribution in [3.8, 4) is 0 Å². The predicted octanol–water partition coefficient (Wildman–Crippen LogP) is 4.16. The van der Waals surface area contributed by atoms with Crippen molar-refractivity contribution in [2.24, 2.45) is 0 Å². The van der Waals surface area contributed by atoms with E-state index in [1.54, 1.807) is 11.0 Å². The summed E-state index contributed by atoms with van der Waals surface area (Å²) in [5.41, 5.74) is -0.0653. The highest BCUT2D eigenvalue weighted by molar-refractivity contribution is 5.37. The molecule has 2 rings (SSSR count). The van der Waals surface area contributed by atoms with Crippen molar-refractivity contribution >= 4 is 0 Å². The molecule has 0 aromatic heterocycles. The molecular weight excluding hydrogens is 270 g/mol. The zero-order valence-electron chi connectivity index (χ0n) is 11.9. The highest BCUT2D eigenvalue weighted by atomic mass is 19.4. The van der Waals surface area contributed by atoms with Crippen LogP contribution in [0.15, 0.2) is 18.2 Å². The number of benzene rings is 1. The van der Waals surface area contributed by atoms with Crippen molar-refractivity contribution in [3.05, 3.63) is 34.9 Å². The van der Waals surface area contributed by atoms with Crippen molar-refractivity contribution < 1.29 is 17.6 Å². The summed E-state index contributed by atoms with van der Waals surface area (Å²) in [6.07, 6.45) is -5.28. The standard InChI is InChI=1S/C15H19F4N/c1-14(2,3)11-5-4-10(7-20-8-12(16)9-20)13(6-11)15(17,18)19/h4-6,12H,7-9H2,1-3H3. The fraction of sp³-hybridized carbons (Fsp3) is 0.600. The van der Waals surface area contributed by atoms with Gasteiger partial charge < -0.3 is 0 Å². The van der Waals surface area contributed by atoms with Gasteiger partial charge in [-0.15, -0.1) is 0 Å². The lowest BCUT2D eigenvalue weighted by Crippen LogP contribution is -2.47. The Morgan fingerprint density at radius 3 is 2.20 bits per heavy atom. The number of hydrogen-bond donors (Lipinski definition) is 0. The molecule has 1 aliphatic rings. The summed E-state index contributed by atoms with van der Waals surface area (Å²) in [6.45, 7) is 6.23. The molecule has 1 aromatic rings.